The van der Waals surface area contributed by atoms with Gasteiger partial charge in [0.1, 0.15) is 29.5 Å². The Morgan fingerprint density at radius 3 is 2.40 bits per heavy atom. The lowest BCUT2D eigenvalue weighted by atomic mass is 9.94. The van der Waals surface area contributed by atoms with Gasteiger partial charge in [-0.3, -0.25) is 4.99 Å². The Labute approximate surface area is 176 Å². The molecule has 0 amide bonds. The Kier molecular flexibility index (Phi) is 6.87. The number of amidine groups is 1. The second kappa shape index (κ2) is 8.91. The van der Waals surface area contributed by atoms with Crippen LogP contribution in [-0.2, 0) is 16.1 Å². The smallest absolute Gasteiger partial charge is 0.417 e. The zero-order chi connectivity index (χ0) is 22.2. The molecule has 0 aliphatic carbocycles. The van der Waals surface area contributed by atoms with Crippen LogP contribution in [0.3, 0.4) is 0 Å². The number of aryl methyl sites for hydroxylation is 2. The van der Waals surface area contributed by atoms with E-state index >= 15 is 0 Å². The van der Waals surface area contributed by atoms with Crippen molar-refractivity contribution in [3.63, 3.8) is 0 Å². The molecule has 2 heterocycles. The number of nitrogens with one attached hydrogen (secondary N) is 1. The van der Waals surface area contributed by atoms with E-state index in [-0.39, 0.29) is 6.61 Å². The quantitative estimate of drug-likeness (QED) is 0.631. The van der Waals surface area contributed by atoms with Gasteiger partial charge in [-0.25, -0.2) is 0 Å². The van der Waals surface area contributed by atoms with Gasteiger partial charge in [0.15, 0.2) is 11.3 Å². The maximum absolute atomic E-state index is 13.8. The Morgan fingerprint density at radius 2 is 1.87 bits per heavy atom. The first kappa shape index (κ1) is 23.1. The summed E-state index contributed by atoms with van der Waals surface area (Å²) in [6.07, 6.45) is -12.3. The molecule has 30 heavy (non-hydrogen) atoms. The molecular formula is C19H25F3N2O5S. The zero-order valence-corrected chi connectivity index (χ0v) is 17.8. The summed E-state index contributed by atoms with van der Waals surface area (Å²) in [5, 5.41) is 24.0. The number of alkyl halides is 3. The van der Waals surface area contributed by atoms with Crippen LogP contribution in [-0.4, -0.2) is 71.6 Å². The summed E-state index contributed by atoms with van der Waals surface area (Å²) in [4.78, 5) is 3.93. The number of aliphatic hydroxyl groups excluding tert-OH is 2. The van der Waals surface area contributed by atoms with Crippen LogP contribution in [0.25, 0.3) is 0 Å². The Balaban J connectivity index is 1.80. The van der Waals surface area contributed by atoms with Crippen LogP contribution >= 0.6 is 11.8 Å². The van der Waals surface area contributed by atoms with Crippen molar-refractivity contribution < 1.29 is 37.6 Å². The standard InChI is InChI=1S/C19H25F3N2O5S/c1-8-5-10(6-9(2)14(8)27-4)7-28-16(19(20,21)22)15-13(26)12(25)11-17(29-15)30-18(23-3)24-11/h5-6,11-13,15-17,25-26H,7H2,1-4H3,(H,23,24). The highest BCUT2D eigenvalue weighted by molar-refractivity contribution is 8.14. The SMILES string of the molecule is CN=C1NC2C(OC(C(OCc3cc(C)c(OC)c(C)c3)C(F)(F)F)C(O)C2O)S1. The molecule has 0 saturated carbocycles. The molecule has 3 rings (SSSR count). The van der Waals surface area contributed by atoms with E-state index in [4.69, 9.17) is 14.2 Å². The molecule has 168 valence electrons. The maximum atomic E-state index is 13.8. The number of fused-ring (bicyclic) bond motifs is 1. The summed E-state index contributed by atoms with van der Waals surface area (Å²) in [5.41, 5.74) is 1.24. The van der Waals surface area contributed by atoms with Gasteiger partial charge in [-0.05, 0) is 30.5 Å². The van der Waals surface area contributed by atoms with Gasteiger partial charge in [-0.1, -0.05) is 23.9 Å². The fourth-order valence-corrected chi connectivity index (χ4v) is 4.89. The molecule has 0 bridgehead atoms. The van der Waals surface area contributed by atoms with Crippen molar-refractivity contribution in [2.45, 2.75) is 62.5 Å². The van der Waals surface area contributed by atoms with Gasteiger partial charge in [0, 0.05) is 7.05 Å². The summed E-state index contributed by atoms with van der Waals surface area (Å²) in [5.74, 6) is 0.658. The normalized spacial score (nSPS) is 31.4. The second-order valence-corrected chi connectivity index (χ2v) is 8.39. The minimum Gasteiger partial charge on any atom is -0.496 e. The van der Waals surface area contributed by atoms with Gasteiger partial charge in [-0.2, -0.15) is 13.2 Å². The second-order valence-electron chi connectivity index (χ2n) is 7.30. The molecule has 0 spiro atoms. The van der Waals surface area contributed by atoms with Crippen molar-refractivity contribution in [1.29, 1.82) is 0 Å². The molecule has 0 aromatic heterocycles. The molecular weight excluding hydrogens is 425 g/mol. The average molecular weight is 450 g/mol. The summed E-state index contributed by atoms with van der Waals surface area (Å²) in [7, 11) is 3.03. The van der Waals surface area contributed by atoms with Gasteiger partial charge in [0.2, 0.25) is 0 Å². The summed E-state index contributed by atoms with van der Waals surface area (Å²) >= 11 is 1.06. The first-order valence-electron chi connectivity index (χ1n) is 9.30. The predicted molar refractivity (Wildman–Crippen MR) is 106 cm³/mol. The summed E-state index contributed by atoms with van der Waals surface area (Å²) in [6.45, 7) is 3.23. The highest BCUT2D eigenvalue weighted by atomic mass is 32.2. The molecule has 6 atom stereocenters. The third-order valence-electron chi connectivity index (χ3n) is 5.13. The monoisotopic (exact) mass is 450 g/mol. The average Bonchev–Trinajstić information content (AvgIpc) is 3.08. The van der Waals surface area contributed by atoms with Gasteiger partial charge >= 0.3 is 6.18 Å². The number of methoxy groups -OCH3 is 1. The topological polar surface area (TPSA) is 92.5 Å². The van der Waals surface area contributed by atoms with E-state index in [1.54, 1.807) is 26.0 Å². The maximum Gasteiger partial charge on any atom is 0.417 e. The van der Waals surface area contributed by atoms with Gasteiger partial charge in [-0.15, -0.1) is 0 Å². The van der Waals surface area contributed by atoms with Crippen molar-refractivity contribution in [3.05, 3.63) is 28.8 Å². The zero-order valence-electron chi connectivity index (χ0n) is 16.9. The minimum absolute atomic E-state index is 0.348. The van der Waals surface area contributed by atoms with Crippen molar-refractivity contribution in [2.24, 2.45) is 4.99 Å². The van der Waals surface area contributed by atoms with E-state index in [9.17, 15) is 23.4 Å². The van der Waals surface area contributed by atoms with E-state index in [2.05, 4.69) is 10.3 Å². The van der Waals surface area contributed by atoms with Crippen LogP contribution in [0.4, 0.5) is 13.2 Å². The highest BCUT2D eigenvalue weighted by Gasteiger charge is 2.57. The molecule has 6 unspecified atom stereocenters. The Bertz CT molecular complexity index is 784. The number of hydrogen-bond acceptors (Lipinski definition) is 7. The van der Waals surface area contributed by atoms with Crippen LogP contribution in [0.5, 0.6) is 5.75 Å². The molecule has 7 nitrogen and oxygen atoms in total. The number of aliphatic imine (C=N–C) groups is 1. The van der Waals surface area contributed by atoms with Crippen LogP contribution < -0.4 is 10.1 Å². The van der Waals surface area contributed by atoms with Crippen LogP contribution in [0, 0.1) is 13.8 Å². The predicted octanol–water partition coefficient (Wildman–Crippen LogP) is 1.90. The molecule has 1 aromatic rings. The number of ether oxygens (including phenoxy) is 3. The van der Waals surface area contributed by atoms with Crippen LogP contribution in [0.2, 0.25) is 0 Å². The number of nitrogens with zero attached hydrogens (tertiary/aromatic N) is 1. The Morgan fingerprint density at radius 1 is 1.23 bits per heavy atom. The molecule has 2 fully saturated rings. The largest absolute Gasteiger partial charge is 0.496 e. The van der Waals surface area contributed by atoms with Crippen molar-refractivity contribution in [2.75, 3.05) is 14.2 Å². The van der Waals surface area contributed by atoms with Crippen LogP contribution in [0.1, 0.15) is 16.7 Å². The first-order chi connectivity index (χ1) is 14.1. The van der Waals surface area contributed by atoms with Gasteiger partial charge in [0.05, 0.1) is 19.8 Å². The van der Waals surface area contributed by atoms with Gasteiger partial charge < -0.3 is 29.7 Å². The Hall–Kier alpha value is -1.53. The van der Waals surface area contributed by atoms with Crippen molar-refractivity contribution in [1.82, 2.24) is 5.32 Å². The van der Waals surface area contributed by atoms with E-state index in [1.165, 1.54) is 14.2 Å². The van der Waals surface area contributed by atoms with Crippen molar-refractivity contribution in [3.8, 4) is 5.75 Å². The third-order valence-corrected chi connectivity index (χ3v) is 6.30. The number of aliphatic hydroxyl groups is 2. The van der Waals surface area contributed by atoms with E-state index in [0.717, 1.165) is 22.9 Å². The number of benzene rings is 1. The molecule has 11 heteroatoms. The van der Waals surface area contributed by atoms with Crippen LogP contribution in [0.15, 0.2) is 17.1 Å². The van der Waals surface area contributed by atoms with E-state index < -0.39 is 42.1 Å². The number of hydrogen-bond donors (Lipinski definition) is 3. The molecule has 3 N–H and O–H groups in total. The number of rotatable bonds is 5. The summed E-state index contributed by atoms with van der Waals surface area (Å²) < 4.78 is 57.4. The fraction of sp³-hybridized carbons (Fsp3) is 0.632. The first-order valence-corrected chi connectivity index (χ1v) is 10.2. The molecule has 1 aromatic carbocycles. The number of halogens is 3. The molecule has 2 saturated heterocycles. The fourth-order valence-electron chi connectivity index (χ4n) is 3.80. The lowest BCUT2D eigenvalue weighted by Gasteiger charge is -2.42. The lowest BCUT2D eigenvalue weighted by Crippen LogP contribution is -2.63. The molecule has 0 radical (unpaired) electrons. The minimum atomic E-state index is -4.81. The number of thioether (sulfide) groups is 1. The third kappa shape index (κ3) is 4.54. The molecule has 2 aliphatic heterocycles. The van der Waals surface area contributed by atoms with E-state index in [0.29, 0.717) is 16.5 Å². The molecule has 2 aliphatic rings. The lowest BCUT2D eigenvalue weighted by molar-refractivity contribution is -0.287. The summed E-state index contributed by atoms with van der Waals surface area (Å²) in [6, 6.07) is 2.60. The van der Waals surface area contributed by atoms with Crippen molar-refractivity contribution >= 4 is 16.9 Å². The highest BCUT2D eigenvalue weighted by Crippen LogP contribution is 2.39. The van der Waals surface area contributed by atoms with Gasteiger partial charge in [0.25, 0.3) is 0 Å². The van der Waals surface area contributed by atoms with E-state index in [1.807, 2.05) is 0 Å².